The third-order valence-corrected chi connectivity index (χ3v) is 4.96. The molecule has 1 unspecified atom stereocenters. The van der Waals surface area contributed by atoms with Gasteiger partial charge < -0.3 is 10.1 Å². The van der Waals surface area contributed by atoms with Gasteiger partial charge in [0.1, 0.15) is 6.54 Å². The summed E-state index contributed by atoms with van der Waals surface area (Å²) in [6.45, 7) is 2.91. The Labute approximate surface area is 146 Å². The second-order valence-electron chi connectivity index (χ2n) is 6.76. The highest BCUT2D eigenvalue weighted by molar-refractivity contribution is 5.82. The zero-order valence-corrected chi connectivity index (χ0v) is 14.1. The molecule has 2 N–H and O–H groups in total. The van der Waals surface area contributed by atoms with Crippen LogP contribution in [0.1, 0.15) is 30.0 Å². The molecule has 130 valence electrons. The van der Waals surface area contributed by atoms with Crippen LogP contribution in [0.15, 0.2) is 42.7 Å². The van der Waals surface area contributed by atoms with Gasteiger partial charge in [0.2, 0.25) is 0 Å². The third-order valence-electron chi connectivity index (χ3n) is 4.96. The van der Waals surface area contributed by atoms with Crippen molar-refractivity contribution in [2.75, 3.05) is 13.1 Å². The molecule has 0 bridgehead atoms. The normalized spacial score (nSPS) is 18.6. The molecule has 1 aliphatic heterocycles. The molecular weight excluding hydrogens is 316 g/mol. The maximum absolute atomic E-state index is 10.8. The molecule has 0 radical (unpaired) electrons. The Hall–Kier alpha value is -2.60. The molecule has 0 spiro atoms. The lowest BCUT2D eigenvalue weighted by molar-refractivity contribution is -0.137. The zero-order chi connectivity index (χ0) is 17.2. The number of carbonyl (C=O) groups is 1. The average Bonchev–Trinajstić information content (AvgIpc) is 3.24. The average molecular weight is 338 g/mol. The molecule has 1 aliphatic rings. The summed E-state index contributed by atoms with van der Waals surface area (Å²) in [6.07, 6.45) is 6.00. The Morgan fingerprint density at radius 1 is 1.32 bits per heavy atom. The number of aliphatic carboxylic acids is 1. The van der Waals surface area contributed by atoms with Crippen LogP contribution in [0.4, 0.5) is 0 Å². The molecule has 0 saturated carbocycles. The summed E-state index contributed by atoms with van der Waals surface area (Å²) in [5.41, 5.74) is 3.53. The Balaban J connectivity index is 1.46. The molecule has 25 heavy (non-hydrogen) atoms. The summed E-state index contributed by atoms with van der Waals surface area (Å²) in [5.74, 6) is -0.492. The topological polar surface area (TPSA) is 74.2 Å². The minimum atomic E-state index is -0.862. The highest BCUT2D eigenvalue weighted by atomic mass is 16.4. The number of H-pyrrole nitrogens is 1. The minimum absolute atomic E-state index is 0.0775. The van der Waals surface area contributed by atoms with E-state index in [1.165, 1.54) is 21.1 Å². The van der Waals surface area contributed by atoms with Crippen molar-refractivity contribution in [3.8, 4) is 0 Å². The predicted octanol–water partition coefficient (Wildman–Crippen LogP) is 2.83. The van der Waals surface area contributed by atoms with Crippen molar-refractivity contribution in [3.63, 3.8) is 0 Å². The predicted molar refractivity (Wildman–Crippen MR) is 95.4 cm³/mol. The van der Waals surface area contributed by atoms with Gasteiger partial charge in [-0.3, -0.25) is 14.4 Å². The number of nitrogens with one attached hydrogen (secondary N) is 1. The summed E-state index contributed by atoms with van der Waals surface area (Å²) < 4.78 is 1.51. The largest absolute Gasteiger partial charge is 0.480 e. The summed E-state index contributed by atoms with van der Waals surface area (Å²) in [7, 11) is 0. The van der Waals surface area contributed by atoms with Gasteiger partial charge in [-0.15, -0.1) is 0 Å². The van der Waals surface area contributed by atoms with E-state index in [1.807, 2.05) is 12.3 Å². The number of aromatic nitrogens is 3. The summed E-state index contributed by atoms with van der Waals surface area (Å²) in [6, 6.07) is 10.5. The number of benzene rings is 1. The molecular formula is C19H22N4O2. The fraction of sp³-hybridized carbons (Fsp3) is 0.368. The van der Waals surface area contributed by atoms with Crippen molar-refractivity contribution < 1.29 is 9.90 Å². The van der Waals surface area contributed by atoms with Crippen LogP contribution in [0.25, 0.3) is 10.9 Å². The number of carboxylic acids is 1. The number of hydrogen-bond acceptors (Lipinski definition) is 3. The first-order valence-electron chi connectivity index (χ1n) is 8.71. The van der Waals surface area contributed by atoms with E-state index in [1.54, 1.807) is 6.20 Å². The van der Waals surface area contributed by atoms with Crippen LogP contribution in [-0.2, 0) is 17.9 Å². The van der Waals surface area contributed by atoms with Crippen LogP contribution in [0, 0.1) is 0 Å². The van der Waals surface area contributed by atoms with Gasteiger partial charge in [-0.2, -0.15) is 5.10 Å². The number of aromatic amines is 1. The molecule has 4 rings (SSSR count). The van der Waals surface area contributed by atoms with Crippen molar-refractivity contribution in [1.82, 2.24) is 19.7 Å². The van der Waals surface area contributed by atoms with Crippen LogP contribution >= 0.6 is 0 Å². The zero-order valence-electron chi connectivity index (χ0n) is 14.1. The Bertz CT molecular complexity index is 882. The van der Waals surface area contributed by atoms with E-state index in [0.29, 0.717) is 5.92 Å². The van der Waals surface area contributed by atoms with E-state index in [9.17, 15) is 4.79 Å². The maximum atomic E-state index is 10.8. The molecule has 1 fully saturated rings. The minimum Gasteiger partial charge on any atom is -0.480 e. The Kier molecular flexibility index (Phi) is 4.28. The second-order valence-corrected chi connectivity index (χ2v) is 6.76. The number of fused-ring (bicyclic) bond motifs is 1. The van der Waals surface area contributed by atoms with Crippen molar-refractivity contribution in [1.29, 1.82) is 0 Å². The second kappa shape index (κ2) is 6.72. The van der Waals surface area contributed by atoms with Gasteiger partial charge >= 0.3 is 5.97 Å². The highest BCUT2D eigenvalue weighted by Crippen LogP contribution is 2.28. The van der Waals surface area contributed by atoms with Crippen molar-refractivity contribution in [2.24, 2.45) is 0 Å². The lowest BCUT2D eigenvalue weighted by atomic mass is 9.94. The molecule has 1 saturated heterocycles. The molecule has 6 nitrogen and oxygen atoms in total. The molecule has 0 amide bonds. The van der Waals surface area contributed by atoms with Crippen molar-refractivity contribution in [3.05, 3.63) is 54.0 Å². The number of hydrogen-bond donors (Lipinski definition) is 2. The summed E-state index contributed by atoms with van der Waals surface area (Å²) >= 11 is 0. The van der Waals surface area contributed by atoms with E-state index in [2.05, 4.69) is 39.2 Å². The van der Waals surface area contributed by atoms with Gasteiger partial charge in [0.05, 0.1) is 5.69 Å². The molecule has 1 atom stereocenters. The SMILES string of the molecule is O=C(O)Cn1ccc(C2CCCN(Cc3cccc4[nH]ccc34)C2)n1. The Morgan fingerprint density at radius 2 is 2.24 bits per heavy atom. The van der Waals surface area contributed by atoms with E-state index in [4.69, 9.17) is 5.11 Å². The molecule has 2 aromatic heterocycles. The standard InChI is InChI=1S/C19H22N4O2/c24-19(25)13-23-10-7-17(21-23)15-4-2-9-22(12-15)11-14-3-1-5-18-16(14)6-8-20-18/h1,3,5-8,10,15,20H,2,4,9,11-13H2,(H,24,25). The Morgan fingerprint density at radius 3 is 3.12 bits per heavy atom. The summed E-state index contributed by atoms with van der Waals surface area (Å²) in [4.78, 5) is 16.6. The van der Waals surface area contributed by atoms with Crippen LogP contribution < -0.4 is 0 Å². The number of nitrogens with zero attached hydrogens (tertiary/aromatic N) is 3. The van der Waals surface area contributed by atoms with E-state index < -0.39 is 5.97 Å². The molecule has 3 heterocycles. The third kappa shape index (κ3) is 3.44. The van der Waals surface area contributed by atoms with Gasteiger partial charge in [-0.05, 0) is 43.1 Å². The lowest BCUT2D eigenvalue weighted by Gasteiger charge is -2.32. The van der Waals surface area contributed by atoms with Crippen LogP contribution in [0.2, 0.25) is 0 Å². The van der Waals surface area contributed by atoms with E-state index in [0.717, 1.165) is 38.2 Å². The van der Waals surface area contributed by atoms with Gasteiger partial charge in [0, 0.05) is 42.3 Å². The first-order valence-corrected chi connectivity index (χ1v) is 8.71. The van der Waals surface area contributed by atoms with Crippen molar-refractivity contribution in [2.45, 2.75) is 31.8 Å². The first-order chi connectivity index (χ1) is 12.2. The number of piperidine rings is 1. The monoisotopic (exact) mass is 338 g/mol. The summed E-state index contributed by atoms with van der Waals surface area (Å²) in [5, 5.41) is 14.6. The maximum Gasteiger partial charge on any atom is 0.325 e. The van der Waals surface area contributed by atoms with Gasteiger partial charge in [0.25, 0.3) is 0 Å². The van der Waals surface area contributed by atoms with Crippen molar-refractivity contribution >= 4 is 16.9 Å². The molecule has 3 aromatic rings. The molecule has 0 aliphatic carbocycles. The van der Waals surface area contributed by atoms with E-state index >= 15 is 0 Å². The lowest BCUT2D eigenvalue weighted by Crippen LogP contribution is -2.34. The highest BCUT2D eigenvalue weighted by Gasteiger charge is 2.23. The fourth-order valence-electron chi connectivity index (χ4n) is 3.79. The van der Waals surface area contributed by atoms with Crippen LogP contribution in [0.3, 0.4) is 0 Å². The van der Waals surface area contributed by atoms with Crippen LogP contribution in [-0.4, -0.2) is 43.8 Å². The molecule has 6 heteroatoms. The molecule has 1 aromatic carbocycles. The number of likely N-dealkylation sites (tertiary alicyclic amines) is 1. The van der Waals surface area contributed by atoms with Gasteiger partial charge in [-0.25, -0.2) is 0 Å². The quantitative estimate of drug-likeness (QED) is 0.750. The fourth-order valence-corrected chi connectivity index (χ4v) is 3.79. The smallest absolute Gasteiger partial charge is 0.325 e. The number of rotatable bonds is 5. The van der Waals surface area contributed by atoms with Gasteiger partial charge in [0.15, 0.2) is 0 Å². The number of carboxylic acid groups (broad SMARTS) is 1. The van der Waals surface area contributed by atoms with E-state index in [-0.39, 0.29) is 6.54 Å². The van der Waals surface area contributed by atoms with Crippen LogP contribution in [0.5, 0.6) is 0 Å². The van der Waals surface area contributed by atoms with Gasteiger partial charge in [-0.1, -0.05) is 12.1 Å². The first kappa shape index (κ1) is 15.9.